The number of aromatic nitrogens is 1. The van der Waals surface area contributed by atoms with Gasteiger partial charge in [-0.25, -0.2) is 13.8 Å². The van der Waals surface area contributed by atoms with Crippen molar-refractivity contribution in [3.63, 3.8) is 0 Å². The minimum absolute atomic E-state index is 0. The summed E-state index contributed by atoms with van der Waals surface area (Å²) in [6.45, 7) is 0. The molecule has 1 aromatic heterocycles. The lowest BCUT2D eigenvalue weighted by molar-refractivity contribution is -0.425. The molecule has 1 saturated carbocycles. The molecule has 0 unspecified atom stereocenters. The predicted octanol–water partition coefficient (Wildman–Crippen LogP) is -0.561. The molecule has 3 rings (SSSR count). The van der Waals surface area contributed by atoms with Crippen LogP contribution in [0.15, 0.2) is 36.5 Å². The van der Waals surface area contributed by atoms with Crippen LogP contribution in [0.3, 0.4) is 0 Å². The van der Waals surface area contributed by atoms with Crippen molar-refractivity contribution in [3.8, 4) is 11.6 Å². The molecule has 140 valence electrons. The highest BCUT2D eigenvalue weighted by atomic mass is 35.5. The van der Waals surface area contributed by atoms with Crippen LogP contribution in [0, 0.1) is 11.6 Å². The van der Waals surface area contributed by atoms with Gasteiger partial charge in [0.25, 0.3) is 5.91 Å². The van der Waals surface area contributed by atoms with Gasteiger partial charge >= 0.3 is 0 Å². The van der Waals surface area contributed by atoms with Gasteiger partial charge in [0.15, 0.2) is 0 Å². The molecule has 8 heteroatoms. The van der Waals surface area contributed by atoms with Crippen LogP contribution >= 0.6 is 0 Å². The Balaban J connectivity index is 0.00000243. The van der Waals surface area contributed by atoms with Gasteiger partial charge in [-0.05, 0) is 43.2 Å². The Kier molecular flexibility index (Phi) is 6.88. The predicted molar refractivity (Wildman–Crippen MR) is 87.1 cm³/mol. The molecule has 1 aliphatic rings. The maximum absolute atomic E-state index is 13.6. The van der Waals surface area contributed by atoms with E-state index in [0.717, 1.165) is 37.9 Å². The van der Waals surface area contributed by atoms with Crippen LogP contribution in [-0.4, -0.2) is 23.0 Å². The molecule has 1 aromatic carbocycles. The standard InChI is InChI=1S/C18H19F2N3O2.ClH/c19-11-1-7-15(8-2-11)25-18-16(9-12(20)10-22-18)17(24)23-14-5-3-13(21)4-6-14;/h1-2,7-10,13-14H,3-6,21H2,(H,23,24);1H. The number of halogens is 3. The minimum atomic E-state index is -0.627. The van der Waals surface area contributed by atoms with Crippen molar-refractivity contribution in [2.75, 3.05) is 0 Å². The summed E-state index contributed by atoms with van der Waals surface area (Å²) in [7, 11) is 0. The minimum Gasteiger partial charge on any atom is -1.00 e. The van der Waals surface area contributed by atoms with Gasteiger partial charge in [-0.15, -0.1) is 0 Å². The number of nitrogens with one attached hydrogen (secondary N) is 1. The topological polar surface area (TPSA) is 78.9 Å². The molecule has 0 radical (unpaired) electrons. The van der Waals surface area contributed by atoms with Crippen molar-refractivity contribution >= 4 is 5.91 Å². The first-order valence-electron chi connectivity index (χ1n) is 8.24. The van der Waals surface area contributed by atoms with Gasteiger partial charge in [-0.3, -0.25) is 4.79 Å². The van der Waals surface area contributed by atoms with Crippen molar-refractivity contribution in [3.05, 3.63) is 53.7 Å². The summed E-state index contributed by atoms with van der Waals surface area (Å²) < 4.78 is 32.1. The fraction of sp³-hybridized carbons (Fsp3) is 0.333. The molecule has 1 aliphatic carbocycles. The highest BCUT2D eigenvalue weighted by Crippen LogP contribution is 2.25. The molecule has 0 aliphatic heterocycles. The number of hydrogen-bond acceptors (Lipinski definition) is 3. The van der Waals surface area contributed by atoms with Crippen molar-refractivity contribution in [2.45, 2.75) is 37.8 Å². The number of hydrogen-bond donors (Lipinski definition) is 2. The van der Waals surface area contributed by atoms with Gasteiger partial charge in [0.05, 0.1) is 12.2 Å². The van der Waals surface area contributed by atoms with Crippen LogP contribution in [0.5, 0.6) is 11.6 Å². The van der Waals surface area contributed by atoms with E-state index in [1.54, 1.807) is 0 Å². The molecule has 4 N–H and O–H groups in total. The fourth-order valence-electron chi connectivity index (χ4n) is 2.85. The van der Waals surface area contributed by atoms with Gasteiger partial charge in [-0.1, -0.05) is 0 Å². The Bertz CT molecular complexity index is 751. The van der Waals surface area contributed by atoms with Crippen molar-refractivity contribution in [2.24, 2.45) is 0 Å². The Labute approximate surface area is 156 Å². The largest absolute Gasteiger partial charge is 1.00 e. The number of rotatable bonds is 4. The van der Waals surface area contributed by atoms with E-state index in [9.17, 15) is 13.6 Å². The molecule has 0 spiro atoms. The third kappa shape index (κ3) is 5.12. The molecule has 2 aromatic rings. The average molecular weight is 384 g/mol. The van der Waals surface area contributed by atoms with Crippen LogP contribution in [0.2, 0.25) is 0 Å². The van der Waals surface area contributed by atoms with Crippen LogP contribution in [0.25, 0.3) is 0 Å². The van der Waals surface area contributed by atoms with E-state index in [-0.39, 0.29) is 29.9 Å². The maximum atomic E-state index is 13.6. The first-order valence-corrected chi connectivity index (χ1v) is 8.24. The van der Waals surface area contributed by atoms with E-state index in [0.29, 0.717) is 11.8 Å². The summed E-state index contributed by atoms with van der Waals surface area (Å²) in [6, 6.07) is 6.84. The maximum Gasteiger partial charge on any atom is 0.257 e. The smallest absolute Gasteiger partial charge is 0.257 e. The molecule has 26 heavy (non-hydrogen) atoms. The zero-order chi connectivity index (χ0) is 17.8. The van der Waals surface area contributed by atoms with Crippen LogP contribution < -0.4 is 28.2 Å². The molecule has 0 bridgehead atoms. The number of amides is 1. The van der Waals surface area contributed by atoms with E-state index < -0.39 is 17.5 Å². The molecule has 0 saturated heterocycles. The van der Waals surface area contributed by atoms with E-state index in [1.807, 2.05) is 0 Å². The second-order valence-corrected chi connectivity index (χ2v) is 6.25. The number of quaternary nitrogens is 1. The van der Waals surface area contributed by atoms with E-state index >= 15 is 0 Å². The third-order valence-electron chi connectivity index (χ3n) is 4.27. The lowest BCUT2D eigenvalue weighted by Crippen LogP contribution is -3.00. The molecular weight excluding hydrogens is 364 g/mol. The number of carbonyl (C=O) groups is 1. The fourth-order valence-corrected chi connectivity index (χ4v) is 2.85. The summed E-state index contributed by atoms with van der Waals surface area (Å²) in [5.74, 6) is -1.17. The Morgan fingerprint density at radius 2 is 1.77 bits per heavy atom. The molecule has 0 atom stereocenters. The first kappa shape index (κ1) is 20.1. The van der Waals surface area contributed by atoms with Gasteiger partial charge in [0, 0.05) is 18.9 Å². The number of benzene rings is 1. The summed E-state index contributed by atoms with van der Waals surface area (Å²) in [6.07, 6.45) is 4.56. The Morgan fingerprint density at radius 3 is 2.42 bits per heavy atom. The van der Waals surface area contributed by atoms with Gasteiger partial charge in [-0.2, -0.15) is 0 Å². The number of ether oxygens (including phenoxy) is 1. The van der Waals surface area contributed by atoms with Crippen molar-refractivity contribution in [1.82, 2.24) is 10.3 Å². The SMILES string of the molecule is [Cl-].[NH3+]C1CCC(NC(=O)c2cc(F)cnc2Oc2ccc(F)cc2)CC1. The average Bonchev–Trinajstić information content (AvgIpc) is 2.60. The Morgan fingerprint density at radius 1 is 1.12 bits per heavy atom. The number of nitrogens with zero attached hydrogens (tertiary/aromatic N) is 1. The second kappa shape index (κ2) is 8.91. The highest BCUT2D eigenvalue weighted by Gasteiger charge is 2.24. The van der Waals surface area contributed by atoms with Crippen LogP contribution in [-0.2, 0) is 0 Å². The first-order chi connectivity index (χ1) is 12.0. The summed E-state index contributed by atoms with van der Waals surface area (Å²) in [5, 5.41) is 2.90. The molecule has 1 heterocycles. The summed E-state index contributed by atoms with van der Waals surface area (Å²) in [5.41, 5.74) is 4.04. The zero-order valence-electron chi connectivity index (χ0n) is 14.1. The molecule has 1 amide bonds. The summed E-state index contributed by atoms with van der Waals surface area (Å²) in [4.78, 5) is 16.4. The molecule has 1 fully saturated rings. The quantitative estimate of drug-likeness (QED) is 0.743. The van der Waals surface area contributed by atoms with Crippen molar-refractivity contribution < 1.29 is 36.5 Å². The highest BCUT2D eigenvalue weighted by molar-refractivity contribution is 5.96. The number of pyridine rings is 1. The lowest BCUT2D eigenvalue weighted by atomic mass is 9.91. The van der Waals surface area contributed by atoms with Gasteiger partial charge in [0.1, 0.15) is 22.9 Å². The molecule has 5 nitrogen and oxygen atoms in total. The van der Waals surface area contributed by atoms with Crippen LogP contribution in [0.1, 0.15) is 36.0 Å². The van der Waals surface area contributed by atoms with Gasteiger partial charge in [0.2, 0.25) is 5.88 Å². The Hall–Kier alpha value is -2.25. The summed E-state index contributed by atoms with van der Waals surface area (Å²) >= 11 is 0. The number of carbonyl (C=O) groups excluding carboxylic acids is 1. The van der Waals surface area contributed by atoms with Gasteiger partial charge < -0.3 is 28.2 Å². The van der Waals surface area contributed by atoms with Crippen LogP contribution in [0.4, 0.5) is 8.78 Å². The van der Waals surface area contributed by atoms with E-state index in [2.05, 4.69) is 16.0 Å². The monoisotopic (exact) mass is 383 g/mol. The normalized spacial score (nSPS) is 19.3. The zero-order valence-corrected chi connectivity index (χ0v) is 14.8. The molecular formula is C18H20ClF2N3O2. The second-order valence-electron chi connectivity index (χ2n) is 6.25. The van der Waals surface area contributed by atoms with E-state index in [4.69, 9.17) is 4.74 Å². The third-order valence-corrected chi connectivity index (χ3v) is 4.27. The lowest BCUT2D eigenvalue weighted by Gasteiger charge is -2.25. The van der Waals surface area contributed by atoms with Crippen molar-refractivity contribution in [1.29, 1.82) is 0 Å². The van der Waals surface area contributed by atoms with E-state index in [1.165, 1.54) is 24.3 Å².